The second-order valence-electron chi connectivity index (χ2n) is 6.06. The highest BCUT2D eigenvalue weighted by atomic mass is 16.2. The highest BCUT2D eigenvalue weighted by Gasteiger charge is 2.13. The van der Waals surface area contributed by atoms with Gasteiger partial charge in [-0.2, -0.15) is 5.10 Å². The number of carbonyl (C=O) groups excluding carboxylic acids is 2. The van der Waals surface area contributed by atoms with E-state index in [0.717, 1.165) is 17.0 Å². The van der Waals surface area contributed by atoms with Gasteiger partial charge in [0.2, 0.25) is 11.8 Å². The number of aryl methyl sites for hydroxylation is 2. The maximum absolute atomic E-state index is 11.7. The molecule has 116 valence electrons. The zero-order valence-corrected chi connectivity index (χ0v) is 13.6. The van der Waals surface area contributed by atoms with Crippen LogP contribution in [-0.4, -0.2) is 33.7 Å². The van der Waals surface area contributed by atoms with Crippen LogP contribution in [0.3, 0.4) is 0 Å². The molecule has 6 heteroatoms. The zero-order chi connectivity index (χ0) is 16.2. The first-order chi connectivity index (χ1) is 9.60. The van der Waals surface area contributed by atoms with E-state index in [1.54, 1.807) is 10.8 Å². The molecule has 2 N–H and O–H groups in total. The van der Waals surface area contributed by atoms with Gasteiger partial charge in [-0.25, -0.2) is 0 Å². The van der Waals surface area contributed by atoms with Crippen molar-refractivity contribution in [1.82, 2.24) is 20.4 Å². The van der Waals surface area contributed by atoms with Crippen LogP contribution in [0, 0.1) is 13.8 Å². The van der Waals surface area contributed by atoms with Crippen molar-refractivity contribution in [2.45, 2.75) is 40.2 Å². The average molecular weight is 292 g/mol. The lowest BCUT2D eigenvalue weighted by molar-refractivity contribution is -0.124. The first-order valence-electron chi connectivity index (χ1n) is 6.87. The molecule has 0 aliphatic heterocycles. The molecule has 2 amide bonds. The monoisotopic (exact) mass is 292 g/mol. The Labute approximate surface area is 125 Å². The van der Waals surface area contributed by atoms with E-state index < -0.39 is 0 Å². The summed E-state index contributed by atoms with van der Waals surface area (Å²) in [6.07, 6.45) is 3.13. The Bertz CT molecular complexity index is 565. The molecular weight excluding hydrogens is 268 g/mol. The summed E-state index contributed by atoms with van der Waals surface area (Å²) in [4.78, 5) is 23.3. The molecule has 0 radical (unpaired) electrons. The third-order valence-electron chi connectivity index (χ3n) is 2.90. The highest BCUT2D eigenvalue weighted by molar-refractivity contribution is 5.94. The van der Waals surface area contributed by atoms with E-state index in [-0.39, 0.29) is 23.9 Å². The Morgan fingerprint density at radius 3 is 2.38 bits per heavy atom. The van der Waals surface area contributed by atoms with Gasteiger partial charge in [-0.1, -0.05) is 0 Å². The van der Waals surface area contributed by atoms with Crippen LogP contribution in [0.5, 0.6) is 0 Å². The summed E-state index contributed by atoms with van der Waals surface area (Å²) in [6.45, 7) is 9.46. The van der Waals surface area contributed by atoms with Gasteiger partial charge >= 0.3 is 0 Å². The fourth-order valence-corrected chi connectivity index (χ4v) is 1.88. The maximum atomic E-state index is 11.7. The standard InChI is InChI=1S/C15H24N4O2/c1-10-12(11(2)19(6)18-10)7-8-13(20)16-9-14(21)17-15(3,4)5/h7-8H,9H2,1-6H3,(H,16,20)(H,17,21)/b8-7+. The summed E-state index contributed by atoms with van der Waals surface area (Å²) in [6, 6.07) is 0. The van der Waals surface area contributed by atoms with Crippen LogP contribution in [0.1, 0.15) is 37.7 Å². The van der Waals surface area contributed by atoms with Crippen molar-refractivity contribution < 1.29 is 9.59 Å². The van der Waals surface area contributed by atoms with E-state index >= 15 is 0 Å². The van der Waals surface area contributed by atoms with Crippen molar-refractivity contribution in [3.63, 3.8) is 0 Å². The fourth-order valence-electron chi connectivity index (χ4n) is 1.88. The van der Waals surface area contributed by atoms with Gasteiger partial charge in [-0.15, -0.1) is 0 Å². The van der Waals surface area contributed by atoms with Gasteiger partial charge in [0, 0.05) is 29.9 Å². The van der Waals surface area contributed by atoms with Crippen LogP contribution in [0.4, 0.5) is 0 Å². The van der Waals surface area contributed by atoms with E-state index in [2.05, 4.69) is 15.7 Å². The van der Waals surface area contributed by atoms with Crippen molar-refractivity contribution in [3.05, 3.63) is 23.0 Å². The Morgan fingerprint density at radius 2 is 1.90 bits per heavy atom. The summed E-state index contributed by atoms with van der Waals surface area (Å²) >= 11 is 0. The summed E-state index contributed by atoms with van der Waals surface area (Å²) in [5.41, 5.74) is 2.47. The summed E-state index contributed by atoms with van der Waals surface area (Å²) in [5, 5.41) is 9.61. The normalized spacial score (nSPS) is 11.7. The van der Waals surface area contributed by atoms with Crippen LogP contribution < -0.4 is 10.6 Å². The van der Waals surface area contributed by atoms with Crippen molar-refractivity contribution in [2.75, 3.05) is 6.54 Å². The molecule has 0 aliphatic rings. The number of nitrogens with one attached hydrogen (secondary N) is 2. The number of amides is 2. The van der Waals surface area contributed by atoms with E-state index in [1.165, 1.54) is 6.08 Å². The van der Waals surface area contributed by atoms with Gasteiger partial charge in [0.25, 0.3) is 0 Å². The zero-order valence-electron chi connectivity index (χ0n) is 13.6. The third-order valence-corrected chi connectivity index (χ3v) is 2.90. The predicted octanol–water partition coefficient (Wildman–Crippen LogP) is 1.08. The molecule has 1 heterocycles. The van der Waals surface area contributed by atoms with E-state index in [0.29, 0.717) is 0 Å². The minimum absolute atomic E-state index is 0.0363. The van der Waals surface area contributed by atoms with E-state index in [4.69, 9.17) is 0 Å². The van der Waals surface area contributed by atoms with Gasteiger partial charge in [0.1, 0.15) is 0 Å². The van der Waals surface area contributed by atoms with Gasteiger partial charge in [0.05, 0.1) is 12.2 Å². The van der Waals surface area contributed by atoms with E-state index in [9.17, 15) is 9.59 Å². The quantitative estimate of drug-likeness (QED) is 0.815. The second-order valence-corrected chi connectivity index (χ2v) is 6.06. The molecule has 0 aromatic carbocycles. The molecule has 1 rings (SSSR count). The lowest BCUT2D eigenvalue weighted by Crippen LogP contribution is -2.45. The van der Waals surface area contributed by atoms with Gasteiger partial charge in [-0.05, 0) is 40.7 Å². The number of hydrogen-bond acceptors (Lipinski definition) is 3. The van der Waals surface area contributed by atoms with Gasteiger partial charge in [-0.3, -0.25) is 14.3 Å². The van der Waals surface area contributed by atoms with Gasteiger partial charge in [0.15, 0.2) is 0 Å². The Balaban J connectivity index is 2.54. The molecule has 0 unspecified atom stereocenters. The van der Waals surface area contributed by atoms with Crippen LogP contribution in [0.2, 0.25) is 0 Å². The minimum atomic E-state index is -0.304. The number of nitrogens with zero attached hydrogens (tertiary/aromatic N) is 2. The number of carbonyl (C=O) groups is 2. The van der Waals surface area contributed by atoms with Crippen LogP contribution in [0.15, 0.2) is 6.08 Å². The van der Waals surface area contributed by atoms with Crippen LogP contribution in [-0.2, 0) is 16.6 Å². The Morgan fingerprint density at radius 1 is 1.29 bits per heavy atom. The maximum Gasteiger partial charge on any atom is 0.244 e. The van der Waals surface area contributed by atoms with Crippen LogP contribution >= 0.6 is 0 Å². The summed E-state index contributed by atoms with van der Waals surface area (Å²) < 4.78 is 1.77. The molecule has 0 spiro atoms. The highest BCUT2D eigenvalue weighted by Crippen LogP contribution is 2.13. The van der Waals surface area contributed by atoms with Crippen molar-refractivity contribution in [2.24, 2.45) is 7.05 Å². The largest absolute Gasteiger partial charge is 0.350 e. The molecule has 0 bridgehead atoms. The van der Waals surface area contributed by atoms with E-state index in [1.807, 2.05) is 41.7 Å². The van der Waals surface area contributed by atoms with Crippen molar-refractivity contribution >= 4 is 17.9 Å². The van der Waals surface area contributed by atoms with Gasteiger partial charge < -0.3 is 10.6 Å². The molecule has 21 heavy (non-hydrogen) atoms. The first kappa shape index (κ1) is 16.9. The minimum Gasteiger partial charge on any atom is -0.350 e. The fraction of sp³-hybridized carbons (Fsp3) is 0.533. The topological polar surface area (TPSA) is 76.0 Å². The predicted molar refractivity (Wildman–Crippen MR) is 82.6 cm³/mol. The molecule has 0 saturated heterocycles. The second kappa shape index (κ2) is 6.56. The molecule has 1 aromatic heterocycles. The Kier molecular flexibility index (Phi) is 5.29. The number of rotatable bonds is 4. The molecule has 1 aromatic rings. The molecule has 0 atom stereocenters. The molecule has 0 fully saturated rings. The lowest BCUT2D eigenvalue weighted by atomic mass is 10.1. The lowest BCUT2D eigenvalue weighted by Gasteiger charge is -2.20. The Hall–Kier alpha value is -2.11. The van der Waals surface area contributed by atoms with Crippen molar-refractivity contribution in [3.8, 4) is 0 Å². The first-order valence-corrected chi connectivity index (χ1v) is 6.87. The van der Waals surface area contributed by atoms with Crippen LogP contribution in [0.25, 0.3) is 6.08 Å². The summed E-state index contributed by atoms with van der Waals surface area (Å²) in [5.74, 6) is -0.514. The number of hydrogen-bond donors (Lipinski definition) is 2. The number of aromatic nitrogens is 2. The molecular formula is C15H24N4O2. The smallest absolute Gasteiger partial charge is 0.244 e. The third kappa shape index (κ3) is 5.41. The SMILES string of the molecule is Cc1nn(C)c(C)c1/C=C/C(=O)NCC(=O)NC(C)(C)C. The summed E-state index contributed by atoms with van der Waals surface area (Å²) in [7, 11) is 1.86. The average Bonchev–Trinajstić information content (AvgIpc) is 2.57. The van der Waals surface area contributed by atoms with Crippen molar-refractivity contribution in [1.29, 1.82) is 0 Å². The molecule has 6 nitrogen and oxygen atoms in total. The molecule has 0 saturated carbocycles. The molecule has 0 aliphatic carbocycles.